The third-order valence-electron chi connectivity index (χ3n) is 8.18. The second-order valence-electron chi connectivity index (χ2n) is 10.2. The van der Waals surface area contributed by atoms with E-state index in [0.717, 1.165) is 12.0 Å². The van der Waals surface area contributed by atoms with E-state index in [4.69, 9.17) is 0 Å². The van der Waals surface area contributed by atoms with Crippen molar-refractivity contribution in [1.29, 1.82) is 0 Å². The normalized spacial score (nSPS) is 23.1. The maximum absolute atomic E-state index is 12.9. The topological polar surface area (TPSA) is 130 Å². The van der Waals surface area contributed by atoms with Gasteiger partial charge >= 0.3 is 0 Å². The summed E-state index contributed by atoms with van der Waals surface area (Å²) in [7, 11) is 0. The van der Waals surface area contributed by atoms with Gasteiger partial charge in [-0.05, 0) is 75.4 Å². The molecule has 11 heteroatoms. The predicted molar refractivity (Wildman–Crippen MR) is 127 cm³/mol. The van der Waals surface area contributed by atoms with E-state index in [2.05, 4.69) is 25.8 Å². The Bertz CT molecular complexity index is 1240. The number of hydrogen-bond donors (Lipinski definition) is 2. The van der Waals surface area contributed by atoms with E-state index in [0.29, 0.717) is 24.2 Å². The summed E-state index contributed by atoms with van der Waals surface area (Å²) in [4.78, 5) is 53.4. The first-order valence-corrected chi connectivity index (χ1v) is 12.7. The maximum Gasteiger partial charge on any atom is 0.273 e. The summed E-state index contributed by atoms with van der Waals surface area (Å²) in [6, 6.07) is 4.61. The van der Waals surface area contributed by atoms with E-state index >= 15 is 0 Å². The van der Waals surface area contributed by atoms with Crippen LogP contribution in [0.25, 0.3) is 5.69 Å². The Morgan fingerprint density at radius 1 is 1.17 bits per heavy atom. The molecule has 5 heterocycles. The number of aromatic nitrogens is 3. The molecule has 36 heavy (non-hydrogen) atoms. The molecule has 3 fully saturated rings. The summed E-state index contributed by atoms with van der Waals surface area (Å²) < 4.78 is 1.52. The summed E-state index contributed by atoms with van der Waals surface area (Å²) in [5, 5.41) is 13.5. The van der Waals surface area contributed by atoms with Crippen molar-refractivity contribution in [2.75, 3.05) is 19.6 Å². The predicted octanol–water partition coefficient (Wildman–Crippen LogP) is 0.777. The van der Waals surface area contributed by atoms with Crippen molar-refractivity contribution in [3.8, 4) is 5.69 Å². The number of rotatable bonds is 6. The Hall–Kier alpha value is -3.60. The lowest BCUT2D eigenvalue weighted by Crippen LogP contribution is -2.52. The van der Waals surface area contributed by atoms with E-state index in [-0.39, 0.29) is 41.9 Å². The van der Waals surface area contributed by atoms with Crippen LogP contribution in [0.4, 0.5) is 0 Å². The van der Waals surface area contributed by atoms with Gasteiger partial charge in [-0.3, -0.25) is 29.4 Å². The molecule has 1 aromatic carbocycles. The average molecular weight is 492 g/mol. The molecule has 0 aliphatic carbocycles. The van der Waals surface area contributed by atoms with Gasteiger partial charge in [0.2, 0.25) is 11.8 Å². The van der Waals surface area contributed by atoms with Gasteiger partial charge in [-0.15, -0.1) is 5.10 Å². The SMILES string of the molecule is O=C1CCC(N2Cc3cc(-n4cc(C(=O)NCCC56CCCN5CCC6)nn4)ccc3C2=O)C(=O)N1. The Morgan fingerprint density at radius 3 is 2.75 bits per heavy atom. The highest BCUT2D eigenvalue weighted by Crippen LogP contribution is 2.41. The molecular weight excluding hydrogens is 462 g/mol. The molecule has 188 valence electrons. The van der Waals surface area contributed by atoms with Crippen molar-refractivity contribution < 1.29 is 19.2 Å². The monoisotopic (exact) mass is 491 g/mol. The number of nitrogens with zero attached hydrogens (tertiary/aromatic N) is 5. The van der Waals surface area contributed by atoms with Crippen LogP contribution in [0.2, 0.25) is 0 Å². The van der Waals surface area contributed by atoms with Crippen LogP contribution in [-0.2, 0) is 16.1 Å². The molecule has 2 N–H and O–H groups in total. The van der Waals surface area contributed by atoms with Crippen LogP contribution < -0.4 is 10.6 Å². The summed E-state index contributed by atoms with van der Waals surface area (Å²) in [6.45, 7) is 3.22. The minimum atomic E-state index is -0.659. The molecule has 2 aromatic rings. The summed E-state index contributed by atoms with van der Waals surface area (Å²) in [5.41, 5.74) is 2.46. The fraction of sp³-hybridized carbons (Fsp3) is 0.520. The lowest BCUT2D eigenvalue weighted by Gasteiger charge is -2.32. The Balaban J connectivity index is 1.10. The lowest BCUT2D eigenvalue weighted by atomic mass is 9.90. The third-order valence-corrected chi connectivity index (χ3v) is 8.18. The van der Waals surface area contributed by atoms with Crippen molar-refractivity contribution in [1.82, 2.24) is 35.4 Å². The molecule has 4 amide bonds. The highest BCUT2D eigenvalue weighted by atomic mass is 16.2. The van der Waals surface area contributed by atoms with Gasteiger partial charge in [0.15, 0.2) is 5.69 Å². The first kappa shape index (κ1) is 22.8. The lowest BCUT2D eigenvalue weighted by molar-refractivity contribution is -0.136. The fourth-order valence-corrected chi connectivity index (χ4v) is 6.33. The molecule has 4 aliphatic rings. The molecule has 4 aliphatic heterocycles. The minimum Gasteiger partial charge on any atom is -0.351 e. The van der Waals surface area contributed by atoms with Gasteiger partial charge in [0.25, 0.3) is 11.8 Å². The number of fused-ring (bicyclic) bond motifs is 2. The van der Waals surface area contributed by atoms with Gasteiger partial charge in [0, 0.05) is 30.6 Å². The number of carbonyl (C=O) groups is 4. The van der Waals surface area contributed by atoms with Gasteiger partial charge in [-0.25, -0.2) is 4.68 Å². The number of amides is 4. The molecule has 0 saturated carbocycles. The third kappa shape index (κ3) is 3.87. The Morgan fingerprint density at radius 2 is 1.97 bits per heavy atom. The summed E-state index contributed by atoms with van der Waals surface area (Å²) in [5.74, 6) is -1.23. The van der Waals surface area contributed by atoms with Crippen LogP contribution in [0.3, 0.4) is 0 Å². The van der Waals surface area contributed by atoms with Gasteiger partial charge in [-0.2, -0.15) is 0 Å². The molecule has 6 rings (SSSR count). The minimum absolute atomic E-state index is 0.213. The van der Waals surface area contributed by atoms with E-state index in [1.807, 2.05) is 6.07 Å². The van der Waals surface area contributed by atoms with Gasteiger partial charge in [-0.1, -0.05) is 5.21 Å². The zero-order chi connectivity index (χ0) is 24.9. The van der Waals surface area contributed by atoms with Crippen molar-refractivity contribution in [2.24, 2.45) is 0 Å². The van der Waals surface area contributed by atoms with E-state index in [1.165, 1.54) is 48.4 Å². The highest BCUT2D eigenvalue weighted by Gasteiger charge is 2.43. The van der Waals surface area contributed by atoms with Crippen LogP contribution in [0, 0.1) is 0 Å². The molecular formula is C25H29N7O4. The number of benzene rings is 1. The van der Waals surface area contributed by atoms with Crippen LogP contribution >= 0.6 is 0 Å². The number of nitrogens with one attached hydrogen (secondary N) is 2. The quantitative estimate of drug-likeness (QED) is 0.571. The van der Waals surface area contributed by atoms with E-state index in [9.17, 15) is 19.2 Å². The molecule has 0 bridgehead atoms. The second kappa shape index (κ2) is 8.81. The Kier molecular flexibility index (Phi) is 5.59. The molecule has 3 saturated heterocycles. The summed E-state index contributed by atoms with van der Waals surface area (Å²) in [6.07, 6.45) is 7.96. The fourth-order valence-electron chi connectivity index (χ4n) is 6.33. The number of imide groups is 1. The van der Waals surface area contributed by atoms with Crippen LogP contribution in [-0.4, -0.2) is 79.6 Å². The first-order valence-electron chi connectivity index (χ1n) is 12.7. The zero-order valence-corrected chi connectivity index (χ0v) is 20.0. The van der Waals surface area contributed by atoms with Crippen LogP contribution in [0.5, 0.6) is 0 Å². The highest BCUT2D eigenvalue weighted by molar-refractivity contribution is 6.05. The molecule has 1 aromatic heterocycles. The van der Waals surface area contributed by atoms with Gasteiger partial charge in [0.05, 0.1) is 11.9 Å². The van der Waals surface area contributed by atoms with Crippen molar-refractivity contribution >= 4 is 23.6 Å². The first-order chi connectivity index (χ1) is 17.4. The van der Waals surface area contributed by atoms with Gasteiger partial charge in [0.1, 0.15) is 6.04 Å². The number of hydrogen-bond acceptors (Lipinski definition) is 7. The summed E-state index contributed by atoms with van der Waals surface area (Å²) >= 11 is 0. The smallest absolute Gasteiger partial charge is 0.273 e. The van der Waals surface area contributed by atoms with E-state index in [1.54, 1.807) is 18.3 Å². The molecule has 1 atom stereocenters. The number of carbonyl (C=O) groups excluding carboxylic acids is 4. The molecule has 1 unspecified atom stereocenters. The van der Waals surface area contributed by atoms with Crippen LogP contribution in [0.15, 0.2) is 24.4 Å². The van der Waals surface area contributed by atoms with Gasteiger partial charge < -0.3 is 10.2 Å². The molecule has 0 spiro atoms. The standard InChI is InChI=1S/C25H29N7O4/c33-21-6-5-20(23(35)27-21)31-14-16-13-17(3-4-18(16)24(31)36)32-15-19(28-29-32)22(34)26-10-9-25-7-1-11-30(25)12-2-8-25/h3-4,13,15,20H,1-2,5-12,14H2,(H,26,34)(H,27,33,35). The van der Waals surface area contributed by atoms with Crippen molar-refractivity contribution in [3.05, 3.63) is 41.2 Å². The maximum atomic E-state index is 12.9. The van der Waals surface area contributed by atoms with Crippen molar-refractivity contribution in [3.63, 3.8) is 0 Å². The Labute approximate surface area is 208 Å². The second-order valence-corrected chi connectivity index (χ2v) is 10.2. The molecule has 11 nitrogen and oxygen atoms in total. The zero-order valence-electron chi connectivity index (χ0n) is 20.0. The largest absolute Gasteiger partial charge is 0.351 e. The van der Waals surface area contributed by atoms with Crippen molar-refractivity contribution in [2.45, 2.75) is 63.1 Å². The average Bonchev–Trinajstić information content (AvgIpc) is 3.62. The van der Waals surface area contributed by atoms with Crippen LogP contribution in [0.1, 0.15) is 71.4 Å². The molecule has 0 radical (unpaired) electrons. The van der Waals surface area contributed by atoms with E-state index < -0.39 is 11.9 Å². The number of piperidine rings is 1.